The molecule has 1 aromatic rings. The molecule has 1 fully saturated rings. The number of hydrogen-bond acceptors (Lipinski definition) is 3. The van der Waals surface area contributed by atoms with Gasteiger partial charge in [-0.15, -0.1) is 0 Å². The Bertz CT molecular complexity index is 478. The number of hydrogen-bond donors (Lipinski definition) is 2. The zero-order valence-corrected chi connectivity index (χ0v) is 9.16. The van der Waals surface area contributed by atoms with Gasteiger partial charge in [-0.3, -0.25) is 4.99 Å². The maximum Gasteiger partial charge on any atom is 0.0860 e. The van der Waals surface area contributed by atoms with Crippen molar-refractivity contribution in [2.75, 3.05) is 25.0 Å². The third-order valence-corrected chi connectivity index (χ3v) is 4.05. The molecule has 1 aliphatic carbocycles. The van der Waals surface area contributed by atoms with Crippen molar-refractivity contribution in [1.82, 2.24) is 5.32 Å². The normalized spacial score (nSPS) is 29.5. The molecule has 2 bridgehead atoms. The van der Waals surface area contributed by atoms with Crippen LogP contribution in [0.1, 0.15) is 29.4 Å². The summed E-state index contributed by atoms with van der Waals surface area (Å²) in [6.45, 7) is 3.14. The SMILES string of the molecule is C1=Nc2cc3c(cc2NC1)C1CNCC3C1. The van der Waals surface area contributed by atoms with Crippen molar-refractivity contribution in [2.45, 2.75) is 18.3 Å². The van der Waals surface area contributed by atoms with Gasteiger partial charge in [0.15, 0.2) is 0 Å². The van der Waals surface area contributed by atoms with E-state index in [2.05, 4.69) is 27.8 Å². The molecule has 0 radical (unpaired) electrons. The maximum absolute atomic E-state index is 4.48. The molecule has 3 heteroatoms. The first-order valence-electron chi connectivity index (χ1n) is 6.07. The molecule has 2 atom stereocenters. The molecule has 1 aromatic carbocycles. The van der Waals surface area contributed by atoms with Gasteiger partial charge in [0.1, 0.15) is 0 Å². The van der Waals surface area contributed by atoms with Crippen LogP contribution in [0.2, 0.25) is 0 Å². The van der Waals surface area contributed by atoms with Crippen LogP contribution in [0.25, 0.3) is 0 Å². The van der Waals surface area contributed by atoms with Crippen molar-refractivity contribution in [3.8, 4) is 0 Å². The van der Waals surface area contributed by atoms with Gasteiger partial charge < -0.3 is 10.6 Å². The molecule has 0 spiro atoms. The van der Waals surface area contributed by atoms with Gasteiger partial charge in [0, 0.05) is 19.3 Å². The summed E-state index contributed by atoms with van der Waals surface area (Å²) < 4.78 is 0. The lowest BCUT2D eigenvalue weighted by Gasteiger charge is -2.19. The third kappa shape index (κ3) is 1.09. The Labute approximate surface area is 95.0 Å². The lowest BCUT2D eigenvalue weighted by atomic mass is 9.98. The summed E-state index contributed by atoms with van der Waals surface area (Å²) in [4.78, 5) is 4.48. The first-order valence-corrected chi connectivity index (χ1v) is 6.07. The van der Waals surface area contributed by atoms with Crippen molar-refractivity contribution in [3.63, 3.8) is 0 Å². The minimum Gasteiger partial charge on any atom is -0.378 e. The second-order valence-electron chi connectivity index (χ2n) is 4.98. The molecule has 3 aliphatic rings. The predicted octanol–water partition coefficient (Wildman–Crippen LogP) is 1.99. The average molecular weight is 213 g/mol. The smallest absolute Gasteiger partial charge is 0.0860 e. The number of aliphatic imine (C=N–C) groups is 1. The van der Waals surface area contributed by atoms with Crippen LogP contribution in [0.3, 0.4) is 0 Å². The molecule has 1 saturated heterocycles. The molecule has 0 aromatic heterocycles. The second kappa shape index (κ2) is 3.08. The van der Waals surface area contributed by atoms with Gasteiger partial charge in [-0.2, -0.15) is 0 Å². The Balaban J connectivity index is 1.91. The maximum atomic E-state index is 4.48. The zero-order valence-electron chi connectivity index (χ0n) is 9.16. The third-order valence-electron chi connectivity index (χ3n) is 4.05. The number of fused-ring (bicyclic) bond motifs is 6. The Morgan fingerprint density at radius 3 is 2.81 bits per heavy atom. The number of rotatable bonds is 0. The standard InChI is InChI=1S/C13H15N3/c1-2-16-13-5-11-9-3-8(6-14-7-9)10(11)4-12(13)15-1/h1,4-5,8-9,14,16H,2-3,6-7H2. The highest BCUT2D eigenvalue weighted by molar-refractivity contribution is 5.81. The molecule has 2 heterocycles. The van der Waals surface area contributed by atoms with E-state index in [0.717, 1.165) is 37.2 Å². The lowest BCUT2D eigenvalue weighted by molar-refractivity contribution is 0.454. The van der Waals surface area contributed by atoms with E-state index in [0.29, 0.717) is 0 Å². The minimum atomic E-state index is 0.719. The minimum absolute atomic E-state index is 0.719. The van der Waals surface area contributed by atoms with Gasteiger partial charge in [-0.25, -0.2) is 0 Å². The monoisotopic (exact) mass is 213 g/mol. The molecule has 0 saturated carbocycles. The van der Waals surface area contributed by atoms with E-state index in [4.69, 9.17) is 0 Å². The molecular weight excluding hydrogens is 198 g/mol. The first kappa shape index (κ1) is 8.76. The average Bonchev–Trinajstić information content (AvgIpc) is 2.59. The highest BCUT2D eigenvalue weighted by atomic mass is 15.0. The lowest BCUT2D eigenvalue weighted by Crippen LogP contribution is -2.28. The quantitative estimate of drug-likeness (QED) is 0.691. The summed E-state index contributed by atoms with van der Waals surface area (Å²) in [6, 6.07) is 4.63. The second-order valence-corrected chi connectivity index (χ2v) is 4.98. The summed E-state index contributed by atoms with van der Waals surface area (Å²) in [5.74, 6) is 1.45. The van der Waals surface area contributed by atoms with Crippen molar-refractivity contribution >= 4 is 17.6 Å². The van der Waals surface area contributed by atoms with Gasteiger partial charge in [-0.1, -0.05) is 0 Å². The van der Waals surface area contributed by atoms with Gasteiger partial charge in [0.25, 0.3) is 0 Å². The van der Waals surface area contributed by atoms with Crippen molar-refractivity contribution in [1.29, 1.82) is 0 Å². The predicted molar refractivity (Wildman–Crippen MR) is 66.1 cm³/mol. The molecule has 4 rings (SSSR count). The first-order chi connectivity index (χ1) is 7.92. The topological polar surface area (TPSA) is 36.4 Å². The Hall–Kier alpha value is -1.35. The summed E-state index contributed by atoms with van der Waals surface area (Å²) >= 11 is 0. The molecular formula is C13H15N3. The summed E-state index contributed by atoms with van der Waals surface area (Å²) in [6.07, 6.45) is 3.28. The Kier molecular flexibility index (Phi) is 1.68. The summed E-state index contributed by atoms with van der Waals surface area (Å²) in [5, 5.41) is 6.93. The van der Waals surface area contributed by atoms with Crippen LogP contribution in [-0.2, 0) is 0 Å². The van der Waals surface area contributed by atoms with E-state index in [-0.39, 0.29) is 0 Å². The summed E-state index contributed by atoms with van der Waals surface area (Å²) in [5.41, 5.74) is 5.43. The van der Waals surface area contributed by atoms with Crippen LogP contribution in [0.4, 0.5) is 11.4 Å². The molecule has 2 unspecified atom stereocenters. The zero-order chi connectivity index (χ0) is 10.5. The van der Waals surface area contributed by atoms with E-state index in [1.165, 1.54) is 17.7 Å². The molecule has 16 heavy (non-hydrogen) atoms. The Morgan fingerprint density at radius 2 is 1.94 bits per heavy atom. The van der Waals surface area contributed by atoms with Crippen LogP contribution in [0.15, 0.2) is 17.1 Å². The van der Waals surface area contributed by atoms with E-state index in [9.17, 15) is 0 Å². The fourth-order valence-electron chi connectivity index (χ4n) is 3.29. The van der Waals surface area contributed by atoms with Crippen LogP contribution in [0, 0.1) is 0 Å². The van der Waals surface area contributed by atoms with Crippen molar-refractivity contribution < 1.29 is 0 Å². The van der Waals surface area contributed by atoms with Crippen LogP contribution < -0.4 is 10.6 Å². The van der Waals surface area contributed by atoms with Gasteiger partial charge in [0.2, 0.25) is 0 Å². The largest absolute Gasteiger partial charge is 0.378 e. The number of piperidine rings is 1. The van der Waals surface area contributed by atoms with Gasteiger partial charge in [0.05, 0.1) is 17.9 Å². The number of nitrogens with zero attached hydrogens (tertiary/aromatic N) is 1. The number of nitrogens with one attached hydrogen (secondary N) is 2. The van der Waals surface area contributed by atoms with Crippen molar-refractivity contribution in [2.24, 2.45) is 4.99 Å². The molecule has 3 nitrogen and oxygen atoms in total. The molecule has 82 valence electrons. The fourth-order valence-corrected chi connectivity index (χ4v) is 3.29. The Morgan fingerprint density at radius 1 is 1.12 bits per heavy atom. The number of anilines is 1. The van der Waals surface area contributed by atoms with Crippen LogP contribution in [0.5, 0.6) is 0 Å². The molecule has 2 N–H and O–H groups in total. The van der Waals surface area contributed by atoms with E-state index >= 15 is 0 Å². The van der Waals surface area contributed by atoms with Crippen LogP contribution >= 0.6 is 0 Å². The molecule has 2 aliphatic heterocycles. The van der Waals surface area contributed by atoms with Crippen molar-refractivity contribution in [3.05, 3.63) is 23.3 Å². The number of benzene rings is 1. The van der Waals surface area contributed by atoms with Gasteiger partial charge >= 0.3 is 0 Å². The van der Waals surface area contributed by atoms with E-state index in [1.54, 1.807) is 5.56 Å². The summed E-state index contributed by atoms with van der Waals surface area (Å²) in [7, 11) is 0. The fraction of sp³-hybridized carbons (Fsp3) is 0.462. The van der Waals surface area contributed by atoms with Gasteiger partial charge in [-0.05, 0) is 41.5 Å². The highest BCUT2D eigenvalue weighted by Crippen LogP contribution is 2.47. The van der Waals surface area contributed by atoms with E-state index in [1.807, 2.05) is 6.21 Å². The van der Waals surface area contributed by atoms with E-state index < -0.39 is 0 Å². The molecule has 0 amide bonds. The van der Waals surface area contributed by atoms with Crippen LogP contribution in [-0.4, -0.2) is 25.8 Å². The highest BCUT2D eigenvalue weighted by Gasteiger charge is 2.34.